The number of methoxy groups -OCH3 is 4. The molecule has 2 aliphatic rings. The van der Waals surface area contributed by atoms with Gasteiger partial charge in [-0.1, -0.05) is 6.07 Å². The van der Waals surface area contributed by atoms with E-state index in [9.17, 15) is 4.79 Å². The van der Waals surface area contributed by atoms with Crippen LogP contribution >= 0.6 is 11.3 Å². The normalized spacial score (nSPS) is 17.3. The molecule has 2 aliphatic heterocycles. The number of fused-ring (bicyclic) bond motifs is 2. The van der Waals surface area contributed by atoms with E-state index in [1.165, 1.54) is 7.11 Å². The molecule has 0 amide bonds. The second kappa shape index (κ2) is 10.2. The predicted molar refractivity (Wildman–Crippen MR) is 141 cm³/mol. The number of thiophene rings is 1. The maximum Gasteiger partial charge on any atom is 0.231 e. The minimum atomic E-state index is -0.520. The average Bonchev–Trinajstić information content (AvgIpc) is 3.61. The summed E-state index contributed by atoms with van der Waals surface area (Å²) < 4.78 is 35.4. The number of carbonyl (C=O) groups is 1. The van der Waals surface area contributed by atoms with Crippen molar-refractivity contribution in [2.24, 2.45) is 0 Å². The zero-order chi connectivity index (χ0) is 26.3. The van der Waals surface area contributed by atoms with E-state index >= 15 is 0 Å². The molecule has 3 heterocycles. The van der Waals surface area contributed by atoms with Crippen LogP contribution in [0.1, 0.15) is 44.8 Å². The molecule has 196 valence electrons. The minimum Gasteiger partial charge on any atom is -0.493 e. The minimum absolute atomic E-state index is 0.130. The Morgan fingerprint density at radius 1 is 1.08 bits per heavy atom. The Morgan fingerprint density at radius 2 is 1.81 bits per heavy atom. The van der Waals surface area contributed by atoms with Crippen molar-refractivity contribution in [3.05, 3.63) is 51.4 Å². The third-order valence-electron chi connectivity index (χ3n) is 7.24. The molecule has 3 aromatic rings. The summed E-state index contributed by atoms with van der Waals surface area (Å²) in [5.74, 6) is 2.86. The van der Waals surface area contributed by atoms with E-state index in [1.54, 1.807) is 32.7 Å². The summed E-state index contributed by atoms with van der Waals surface area (Å²) in [6.45, 7) is 2.84. The van der Waals surface area contributed by atoms with Gasteiger partial charge in [0.1, 0.15) is 6.10 Å². The Labute approximate surface area is 220 Å². The van der Waals surface area contributed by atoms with E-state index in [2.05, 4.69) is 23.4 Å². The molecule has 9 heteroatoms. The summed E-state index contributed by atoms with van der Waals surface area (Å²) in [5.41, 5.74) is 5.10. The highest BCUT2D eigenvalue weighted by atomic mass is 32.1. The smallest absolute Gasteiger partial charge is 0.231 e. The van der Waals surface area contributed by atoms with E-state index in [0.717, 1.165) is 51.9 Å². The maximum atomic E-state index is 12.4. The van der Waals surface area contributed by atoms with Crippen molar-refractivity contribution in [2.75, 3.05) is 48.8 Å². The van der Waals surface area contributed by atoms with Crippen LogP contribution in [-0.2, 0) is 11.2 Å². The second-order valence-corrected chi connectivity index (χ2v) is 10.0. The molecule has 5 rings (SSSR count). The monoisotopic (exact) mass is 525 g/mol. The summed E-state index contributed by atoms with van der Waals surface area (Å²) in [7, 11) is 8.47. The van der Waals surface area contributed by atoms with Gasteiger partial charge >= 0.3 is 0 Å². The molecule has 0 saturated carbocycles. The predicted octanol–water partition coefficient (Wildman–Crippen LogP) is 5.21. The third kappa shape index (κ3) is 3.93. The van der Waals surface area contributed by atoms with Gasteiger partial charge in [0, 0.05) is 29.7 Å². The van der Waals surface area contributed by atoms with Crippen molar-refractivity contribution in [3.63, 3.8) is 0 Å². The molecule has 2 aromatic carbocycles. The van der Waals surface area contributed by atoms with Crippen LogP contribution in [0.15, 0.2) is 23.6 Å². The van der Waals surface area contributed by atoms with Crippen LogP contribution in [-0.4, -0.2) is 60.0 Å². The third-order valence-corrected chi connectivity index (χ3v) is 8.13. The van der Waals surface area contributed by atoms with Gasteiger partial charge in [0.05, 0.1) is 32.9 Å². The van der Waals surface area contributed by atoms with Crippen molar-refractivity contribution < 1.29 is 33.2 Å². The number of ether oxygens (including phenoxy) is 6. The summed E-state index contributed by atoms with van der Waals surface area (Å²) in [6, 6.07) is 5.79. The highest BCUT2D eigenvalue weighted by molar-refractivity contribution is 7.13. The van der Waals surface area contributed by atoms with Crippen LogP contribution in [0.3, 0.4) is 0 Å². The Balaban J connectivity index is 1.79. The Hall–Kier alpha value is -3.27. The van der Waals surface area contributed by atoms with Crippen molar-refractivity contribution in [1.29, 1.82) is 0 Å². The average molecular weight is 526 g/mol. The number of rotatable bonds is 8. The van der Waals surface area contributed by atoms with Gasteiger partial charge in [-0.25, -0.2) is 0 Å². The first kappa shape index (κ1) is 25.4. The van der Waals surface area contributed by atoms with E-state index < -0.39 is 6.10 Å². The van der Waals surface area contributed by atoms with Crippen LogP contribution in [0.25, 0.3) is 10.4 Å². The number of hydrogen-bond donors (Lipinski definition) is 0. The van der Waals surface area contributed by atoms with Gasteiger partial charge < -0.3 is 28.4 Å². The fourth-order valence-electron chi connectivity index (χ4n) is 5.70. The van der Waals surface area contributed by atoms with Gasteiger partial charge in [-0.3, -0.25) is 9.69 Å². The zero-order valence-electron chi connectivity index (χ0n) is 21.9. The number of likely N-dealkylation sites (N-methyl/N-ethyl adjacent to an activating group) is 1. The van der Waals surface area contributed by atoms with Gasteiger partial charge in [-0.2, -0.15) is 0 Å². The SMILES string of the molecule is COc1c(C)cc(C(OC)[C@H]2c3c(c(-c4cccs4)c4c(c3OC)OCO4)CCN2C)c(C=O)c1OC. The van der Waals surface area contributed by atoms with Gasteiger partial charge in [0.25, 0.3) is 0 Å². The zero-order valence-corrected chi connectivity index (χ0v) is 22.7. The lowest BCUT2D eigenvalue weighted by atomic mass is 9.81. The molecule has 8 nitrogen and oxygen atoms in total. The second-order valence-electron chi connectivity index (χ2n) is 9.06. The van der Waals surface area contributed by atoms with Crippen molar-refractivity contribution >= 4 is 17.6 Å². The molecule has 1 unspecified atom stereocenters. The lowest BCUT2D eigenvalue weighted by molar-refractivity contribution is 0.0151. The topological polar surface area (TPSA) is 75.7 Å². The Bertz CT molecular complexity index is 1320. The number of benzene rings is 2. The molecule has 37 heavy (non-hydrogen) atoms. The van der Waals surface area contributed by atoms with E-state index in [0.29, 0.717) is 34.3 Å². The number of carbonyl (C=O) groups excluding carboxylic acids is 1. The van der Waals surface area contributed by atoms with Crippen molar-refractivity contribution in [1.82, 2.24) is 4.90 Å². The summed E-state index contributed by atoms with van der Waals surface area (Å²) in [6.07, 6.45) is 1.08. The Morgan fingerprint density at radius 3 is 2.43 bits per heavy atom. The molecule has 1 aromatic heterocycles. The van der Waals surface area contributed by atoms with Crippen LogP contribution in [0.2, 0.25) is 0 Å². The largest absolute Gasteiger partial charge is 0.493 e. The molecule has 0 fully saturated rings. The number of aldehydes is 1. The van der Waals surface area contributed by atoms with Gasteiger partial charge in [0.2, 0.25) is 12.5 Å². The van der Waals surface area contributed by atoms with Gasteiger partial charge in [-0.05, 0) is 54.6 Å². The van der Waals surface area contributed by atoms with Crippen molar-refractivity contribution in [2.45, 2.75) is 25.5 Å². The van der Waals surface area contributed by atoms with Gasteiger partial charge in [0.15, 0.2) is 29.3 Å². The molecule has 0 spiro atoms. The Kier molecular flexibility index (Phi) is 7.02. The van der Waals surface area contributed by atoms with E-state index in [-0.39, 0.29) is 12.8 Å². The maximum absolute atomic E-state index is 12.4. The van der Waals surface area contributed by atoms with Crippen LogP contribution in [0.5, 0.6) is 28.7 Å². The molecule has 0 aliphatic carbocycles. The first-order chi connectivity index (χ1) is 18.0. The molecular formula is C28H31NO7S. The van der Waals surface area contributed by atoms with Gasteiger partial charge in [-0.15, -0.1) is 11.3 Å². The summed E-state index contributed by atoms with van der Waals surface area (Å²) in [4.78, 5) is 15.8. The van der Waals surface area contributed by atoms with Crippen LogP contribution in [0.4, 0.5) is 0 Å². The highest BCUT2D eigenvalue weighted by Crippen LogP contribution is 2.58. The lowest BCUT2D eigenvalue weighted by Gasteiger charge is -2.41. The van der Waals surface area contributed by atoms with E-state index in [4.69, 9.17) is 28.4 Å². The van der Waals surface area contributed by atoms with Crippen LogP contribution in [0, 0.1) is 6.92 Å². The first-order valence-electron chi connectivity index (χ1n) is 12.0. The number of hydrogen-bond acceptors (Lipinski definition) is 9. The molecule has 0 saturated heterocycles. The van der Waals surface area contributed by atoms with Crippen molar-refractivity contribution in [3.8, 4) is 39.2 Å². The highest BCUT2D eigenvalue weighted by Gasteiger charge is 2.42. The first-order valence-corrected chi connectivity index (χ1v) is 12.9. The number of aryl methyl sites for hydroxylation is 1. The fraction of sp³-hybridized carbons (Fsp3) is 0.393. The molecule has 0 radical (unpaired) electrons. The fourth-order valence-corrected chi connectivity index (χ4v) is 6.49. The summed E-state index contributed by atoms with van der Waals surface area (Å²) >= 11 is 1.66. The van der Waals surface area contributed by atoms with E-state index in [1.807, 2.05) is 19.1 Å². The molecule has 0 bridgehead atoms. The molecular weight excluding hydrogens is 494 g/mol. The van der Waals surface area contributed by atoms with Crippen LogP contribution < -0.4 is 23.7 Å². The standard InChI is InChI=1S/C28H31NO7S/c1-15-12-17(18(13-30)25(33-5)23(15)31-3)24(32-4)22-21-16(9-10-29(22)2)20(19-8-7-11-37-19)27-28(26(21)34-6)36-14-35-27/h7-8,11-13,22,24H,9-10,14H2,1-6H3/t22-,24?/m1/s1. The lowest BCUT2D eigenvalue weighted by Crippen LogP contribution is -2.37. The molecule has 0 N–H and O–H groups in total. The quantitative estimate of drug-likeness (QED) is 0.371. The number of nitrogens with zero attached hydrogens (tertiary/aromatic N) is 1. The summed E-state index contributed by atoms with van der Waals surface area (Å²) in [5, 5.41) is 2.06. The molecule has 2 atom stereocenters.